The Hall–Kier alpha value is -1.30. The highest BCUT2D eigenvalue weighted by Gasteiger charge is 2.10. The van der Waals surface area contributed by atoms with E-state index >= 15 is 0 Å². The Morgan fingerprint density at radius 1 is 1.35 bits per heavy atom. The Balaban J connectivity index is 2.64. The summed E-state index contributed by atoms with van der Waals surface area (Å²) < 4.78 is 24.4. The molecule has 96 valence electrons. The number of halogens is 2. The maximum absolute atomic E-state index is 12.2. The van der Waals surface area contributed by atoms with Crippen LogP contribution in [0.4, 0.5) is 14.6 Å². The summed E-state index contributed by atoms with van der Waals surface area (Å²) in [5.41, 5.74) is 0.748. The van der Waals surface area contributed by atoms with Gasteiger partial charge in [0, 0.05) is 25.8 Å². The molecule has 1 aromatic rings. The van der Waals surface area contributed by atoms with Crippen molar-refractivity contribution in [3.05, 3.63) is 18.1 Å². The first-order chi connectivity index (χ1) is 7.99. The van der Waals surface area contributed by atoms with Crippen LogP contribution in [0, 0.1) is 0 Å². The summed E-state index contributed by atoms with van der Waals surface area (Å²) >= 11 is 0. The molecule has 17 heavy (non-hydrogen) atoms. The zero-order chi connectivity index (χ0) is 12.8. The monoisotopic (exact) mass is 244 g/mol. The molecular formula is C11H18F2N4. The molecule has 0 saturated heterocycles. The Morgan fingerprint density at radius 2 is 2.06 bits per heavy atom. The van der Waals surface area contributed by atoms with Gasteiger partial charge in [0.1, 0.15) is 5.82 Å². The van der Waals surface area contributed by atoms with E-state index in [0.29, 0.717) is 18.4 Å². The predicted molar refractivity (Wildman–Crippen MR) is 63.3 cm³/mol. The Kier molecular flexibility index (Phi) is 5.21. The molecule has 4 nitrogen and oxygen atoms in total. The summed E-state index contributed by atoms with van der Waals surface area (Å²) in [4.78, 5) is 9.67. The van der Waals surface area contributed by atoms with Crippen LogP contribution in [0.1, 0.15) is 19.5 Å². The molecule has 0 aliphatic heterocycles. The van der Waals surface area contributed by atoms with Crippen LogP contribution in [0.15, 0.2) is 12.4 Å². The molecule has 0 unspecified atom stereocenters. The lowest BCUT2D eigenvalue weighted by Crippen LogP contribution is -2.26. The van der Waals surface area contributed by atoms with Gasteiger partial charge in [0.15, 0.2) is 0 Å². The molecule has 0 aliphatic carbocycles. The summed E-state index contributed by atoms with van der Waals surface area (Å²) in [6, 6.07) is 0.347. The molecule has 1 aromatic heterocycles. The third kappa shape index (κ3) is 5.04. The summed E-state index contributed by atoms with van der Waals surface area (Å²) in [7, 11) is 1.58. The second-order valence-corrected chi connectivity index (χ2v) is 4.18. The van der Waals surface area contributed by atoms with Crippen LogP contribution in [-0.2, 0) is 6.54 Å². The number of nitrogens with one attached hydrogen (secondary N) is 1. The Morgan fingerprint density at radius 3 is 2.65 bits per heavy atom. The molecule has 0 bridgehead atoms. The van der Waals surface area contributed by atoms with E-state index in [9.17, 15) is 8.78 Å². The Bertz CT molecular complexity index is 344. The minimum absolute atomic E-state index is 0.338. The average Bonchev–Trinajstić information content (AvgIpc) is 2.26. The molecule has 0 aliphatic rings. The average molecular weight is 244 g/mol. The van der Waals surface area contributed by atoms with Gasteiger partial charge >= 0.3 is 0 Å². The molecule has 6 heteroatoms. The van der Waals surface area contributed by atoms with Crippen molar-refractivity contribution in [2.45, 2.75) is 32.9 Å². The van der Waals surface area contributed by atoms with E-state index in [-0.39, 0.29) is 6.54 Å². The fourth-order valence-corrected chi connectivity index (χ4v) is 1.27. The molecule has 0 fully saturated rings. The SMILES string of the molecule is CC(C)NCc1cncc(N(C)CC(F)F)n1. The number of nitrogens with zero attached hydrogens (tertiary/aromatic N) is 3. The van der Waals surface area contributed by atoms with Gasteiger partial charge in [-0.1, -0.05) is 13.8 Å². The fourth-order valence-electron chi connectivity index (χ4n) is 1.27. The molecular weight excluding hydrogens is 226 g/mol. The number of hydrogen-bond acceptors (Lipinski definition) is 4. The molecule has 1 rings (SSSR count). The minimum Gasteiger partial charge on any atom is -0.353 e. The van der Waals surface area contributed by atoms with Crippen LogP contribution in [0.2, 0.25) is 0 Å². The fraction of sp³-hybridized carbons (Fsp3) is 0.636. The quantitative estimate of drug-likeness (QED) is 0.826. The van der Waals surface area contributed by atoms with Crippen LogP contribution >= 0.6 is 0 Å². The van der Waals surface area contributed by atoms with Gasteiger partial charge in [0.2, 0.25) is 0 Å². The van der Waals surface area contributed by atoms with E-state index in [2.05, 4.69) is 15.3 Å². The Labute approximate surface area is 100 Å². The molecule has 0 spiro atoms. The van der Waals surface area contributed by atoms with Gasteiger partial charge in [0.05, 0.1) is 18.4 Å². The number of alkyl halides is 2. The van der Waals surface area contributed by atoms with Gasteiger partial charge in [-0.3, -0.25) is 4.98 Å². The van der Waals surface area contributed by atoms with E-state index in [0.717, 1.165) is 5.69 Å². The van der Waals surface area contributed by atoms with Crippen molar-refractivity contribution in [2.24, 2.45) is 0 Å². The van der Waals surface area contributed by atoms with Crippen molar-refractivity contribution in [2.75, 3.05) is 18.5 Å². The number of anilines is 1. The van der Waals surface area contributed by atoms with Gasteiger partial charge in [-0.25, -0.2) is 13.8 Å². The second kappa shape index (κ2) is 6.44. The lowest BCUT2D eigenvalue weighted by atomic mass is 10.3. The van der Waals surface area contributed by atoms with Crippen molar-refractivity contribution in [1.29, 1.82) is 0 Å². The number of hydrogen-bond donors (Lipinski definition) is 1. The molecule has 1 N–H and O–H groups in total. The first-order valence-electron chi connectivity index (χ1n) is 5.52. The molecule has 1 heterocycles. The first-order valence-corrected chi connectivity index (χ1v) is 5.52. The smallest absolute Gasteiger partial charge is 0.255 e. The van der Waals surface area contributed by atoms with Crippen molar-refractivity contribution < 1.29 is 8.78 Å². The molecule has 0 saturated carbocycles. The van der Waals surface area contributed by atoms with Gasteiger partial charge in [-0.15, -0.1) is 0 Å². The third-order valence-electron chi connectivity index (χ3n) is 2.17. The van der Waals surface area contributed by atoms with E-state index in [1.807, 2.05) is 13.8 Å². The van der Waals surface area contributed by atoms with Gasteiger partial charge in [-0.2, -0.15) is 0 Å². The summed E-state index contributed by atoms with van der Waals surface area (Å²) in [5, 5.41) is 3.20. The van der Waals surface area contributed by atoms with Crippen molar-refractivity contribution in [1.82, 2.24) is 15.3 Å². The van der Waals surface area contributed by atoms with Crippen LogP contribution in [-0.4, -0.2) is 36.0 Å². The second-order valence-electron chi connectivity index (χ2n) is 4.18. The molecule has 0 radical (unpaired) electrons. The molecule has 0 amide bonds. The normalized spacial score (nSPS) is 11.2. The van der Waals surface area contributed by atoms with Gasteiger partial charge in [0.25, 0.3) is 6.43 Å². The molecule has 0 aromatic carbocycles. The standard InChI is InChI=1S/C11H18F2N4/c1-8(2)15-5-9-4-14-6-11(16-9)17(3)7-10(12)13/h4,6,8,10,15H,5,7H2,1-3H3. The lowest BCUT2D eigenvalue weighted by Gasteiger charge is -2.17. The van der Waals surface area contributed by atoms with Gasteiger partial charge in [-0.05, 0) is 0 Å². The van der Waals surface area contributed by atoms with Crippen molar-refractivity contribution in [3.8, 4) is 0 Å². The summed E-state index contributed by atoms with van der Waals surface area (Å²) in [5.74, 6) is 0.466. The van der Waals surface area contributed by atoms with Crippen LogP contribution in [0.5, 0.6) is 0 Å². The van der Waals surface area contributed by atoms with E-state index < -0.39 is 6.43 Å². The lowest BCUT2D eigenvalue weighted by molar-refractivity contribution is 0.156. The van der Waals surface area contributed by atoms with Crippen LogP contribution in [0.3, 0.4) is 0 Å². The van der Waals surface area contributed by atoms with E-state index in [1.165, 1.54) is 11.1 Å². The maximum Gasteiger partial charge on any atom is 0.255 e. The zero-order valence-electron chi connectivity index (χ0n) is 10.3. The zero-order valence-corrected chi connectivity index (χ0v) is 10.3. The van der Waals surface area contributed by atoms with Crippen molar-refractivity contribution >= 4 is 5.82 Å². The summed E-state index contributed by atoms with van der Waals surface area (Å²) in [6.45, 7) is 4.30. The number of rotatable bonds is 6. The van der Waals surface area contributed by atoms with E-state index in [4.69, 9.17) is 0 Å². The maximum atomic E-state index is 12.2. The number of aromatic nitrogens is 2. The predicted octanol–water partition coefficient (Wildman–Crippen LogP) is 1.68. The van der Waals surface area contributed by atoms with Crippen LogP contribution < -0.4 is 10.2 Å². The van der Waals surface area contributed by atoms with Gasteiger partial charge < -0.3 is 10.2 Å². The highest BCUT2D eigenvalue weighted by molar-refractivity contribution is 5.35. The van der Waals surface area contributed by atoms with E-state index in [1.54, 1.807) is 13.2 Å². The third-order valence-corrected chi connectivity index (χ3v) is 2.17. The van der Waals surface area contributed by atoms with Crippen LogP contribution in [0.25, 0.3) is 0 Å². The largest absolute Gasteiger partial charge is 0.353 e. The minimum atomic E-state index is -2.38. The first kappa shape index (κ1) is 13.8. The topological polar surface area (TPSA) is 41.1 Å². The highest BCUT2D eigenvalue weighted by atomic mass is 19.3. The van der Waals surface area contributed by atoms with Crippen molar-refractivity contribution in [3.63, 3.8) is 0 Å². The summed E-state index contributed by atoms with van der Waals surface area (Å²) in [6.07, 6.45) is 0.746. The molecule has 0 atom stereocenters. The highest BCUT2D eigenvalue weighted by Crippen LogP contribution is 2.09.